The van der Waals surface area contributed by atoms with Crippen molar-refractivity contribution in [2.24, 2.45) is 0 Å². The van der Waals surface area contributed by atoms with Crippen LogP contribution in [0.4, 0.5) is 0 Å². The fourth-order valence-electron chi connectivity index (χ4n) is 2.68. The van der Waals surface area contributed by atoms with Crippen molar-refractivity contribution in [3.8, 4) is 11.4 Å². The summed E-state index contributed by atoms with van der Waals surface area (Å²) in [6.07, 6.45) is 1.22. The summed E-state index contributed by atoms with van der Waals surface area (Å²) in [6, 6.07) is 10.9. The maximum absolute atomic E-state index is 12.0. The van der Waals surface area contributed by atoms with Crippen molar-refractivity contribution in [3.05, 3.63) is 63.3 Å². The number of rotatable bonds is 7. The van der Waals surface area contributed by atoms with E-state index in [9.17, 15) is 9.59 Å². The lowest BCUT2D eigenvalue weighted by atomic mass is 10.2. The van der Waals surface area contributed by atoms with Crippen LogP contribution in [0.1, 0.15) is 29.4 Å². The number of carbonyl (C=O) groups excluding carboxylic acids is 1. The molecule has 9 nitrogen and oxygen atoms in total. The minimum atomic E-state index is -0.358. The zero-order valence-corrected chi connectivity index (χ0v) is 16.4. The Morgan fingerprint density at radius 1 is 1.24 bits per heavy atom. The third-order valence-electron chi connectivity index (χ3n) is 4.04. The quantitative estimate of drug-likeness (QED) is 0.427. The van der Waals surface area contributed by atoms with Gasteiger partial charge in [0.05, 0.1) is 0 Å². The summed E-state index contributed by atoms with van der Waals surface area (Å²) in [7, 11) is 0. The summed E-state index contributed by atoms with van der Waals surface area (Å²) in [5.41, 5.74) is 1.25. The fraction of sp³-hybridized carbons (Fsp3) is 0.263. The molecule has 3 heterocycles. The van der Waals surface area contributed by atoms with Crippen molar-refractivity contribution in [1.82, 2.24) is 24.7 Å². The van der Waals surface area contributed by atoms with E-state index in [1.807, 2.05) is 30.3 Å². The molecule has 4 aromatic rings. The Hall–Kier alpha value is -3.40. The van der Waals surface area contributed by atoms with Gasteiger partial charge in [-0.05, 0) is 13.3 Å². The lowest BCUT2D eigenvalue weighted by Crippen LogP contribution is -2.14. The molecule has 29 heavy (non-hydrogen) atoms. The summed E-state index contributed by atoms with van der Waals surface area (Å²) < 4.78 is 11.7. The molecule has 0 aliphatic carbocycles. The highest BCUT2D eigenvalue weighted by atomic mass is 32.1. The van der Waals surface area contributed by atoms with Gasteiger partial charge in [0.2, 0.25) is 16.7 Å². The minimum absolute atomic E-state index is 0.00403. The smallest absolute Gasteiger partial charge is 0.306 e. The van der Waals surface area contributed by atoms with Crippen LogP contribution in [0.5, 0.6) is 0 Å². The Balaban J connectivity index is 1.26. The monoisotopic (exact) mass is 411 g/mol. The molecule has 0 amide bonds. The number of hydrogen-bond donors (Lipinski definition) is 0. The van der Waals surface area contributed by atoms with E-state index >= 15 is 0 Å². The number of hydrogen-bond acceptors (Lipinski definition) is 9. The molecule has 3 aromatic heterocycles. The highest BCUT2D eigenvalue weighted by Gasteiger charge is 2.12. The Labute approximate surface area is 169 Å². The molecule has 0 spiro atoms. The van der Waals surface area contributed by atoms with Gasteiger partial charge in [0.25, 0.3) is 5.56 Å². The standard InChI is InChI=1S/C19H17N5O4S/c1-12-10-16(25)24-19(20-12)29-15(22-24)11-27-17(26)9-5-8-14-21-18(23-28-14)13-6-3-2-4-7-13/h2-4,6-7,10H,5,8-9,11H2,1H3. The predicted molar refractivity (Wildman–Crippen MR) is 104 cm³/mol. The number of ether oxygens (including phenoxy) is 1. The van der Waals surface area contributed by atoms with Crippen LogP contribution in [0.2, 0.25) is 0 Å². The first kappa shape index (κ1) is 18.9. The first-order chi connectivity index (χ1) is 14.1. The largest absolute Gasteiger partial charge is 0.458 e. The van der Waals surface area contributed by atoms with Crippen molar-refractivity contribution in [1.29, 1.82) is 0 Å². The van der Waals surface area contributed by atoms with E-state index in [1.165, 1.54) is 21.9 Å². The second-order valence-corrected chi connectivity index (χ2v) is 7.36. The molecule has 0 atom stereocenters. The number of aryl methyl sites for hydroxylation is 2. The van der Waals surface area contributed by atoms with Crippen molar-refractivity contribution < 1.29 is 14.1 Å². The van der Waals surface area contributed by atoms with Gasteiger partial charge in [-0.3, -0.25) is 9.59 Å². The second-order valence-electron chi connectivity index (χ2n) is 6.32. The molecule has 0 unspecified atom stereocenters. The van der Waals surface area contributed by atoms with Gasteiger partial charge in [-0.15, -0.1) is 0 Å². The molecule has 148 valence electrons. The van der Waals surface area contributed by atoms with E-state index in [0.29, 0.717) is 40.2 Å². The number of aromatic nitrogens is 5. The van der Waals surface area contributed by atoms with Crippen molar-refractivity contribution in [3.63, 3.8) is 0 Å². The summed E-state index contributed by atoms with van der Waals surface area (Å²) in [5, 5.41) is 8.60. The zero-order chi connectivity index (χ0) is 20.2. The van der Waals surface area contributed by atoms with E-state index in [2.05, 4.69) is 20.2 Å². The number of benzene rings is 1. The van der Waals surface area contributed by atoms with Crippen molar-refractivity contribution in [2.75, 3.05) is 0 Å². The van der Waals surface area contributed by atoms with Crippen LogP contribution in [0.25, 0.3) is 16.3 Å². The Kier molecular flexibility index (Phi) is 5.43. The molecule has 0 N–H and O–H groups in total. The SMILES string of the molecule is Cc1cc(=O)n2nc(COC(=O)CCCc3nc(-c4ccccc4)no3)sc2n1. The van der Waals surface area contributed by atoms with Gasteiger partial charge in [0.1, 0.15) is 6.61 Å². The molecule has 4 rings (SSSR count). The lowest BCUT2D eigenvalue weighted by Gasteiger charge is -2.01. The Bertz CT molecular complexity index is 1200. The van der Waals surface area contributed by atoms with Gasteiger partial charge in [-0.25, -0.2) is 4.98 Å². The van der Waals surface area contributed by atoms with Crippen LogP contribution in [-0.4, -0.2) is 30.7 Å². The molecule has 0 aliphatic heterocycles. The number of nitrogens with zero attached hydrogens (tertiary/aromatic N) is 5. The average Bonchev–Trinajstić information content (AvgIpc) is 3.34. The first-order valence-electron chi connectivity index (χ1n) is 8.98. The number of esters is 1. The fourth-order valence-corrected chi connectivity index (χ4v) is 3.54. The average molecular weight is 411 g/mol. The van der Waals surface area contributed by atoms with Crippen LogP contribution in [0, 0.1) is 6.92 Å². The van der Waals surface area contributed by atoms with Crippen LogP contribution < -0.4 is 5.56 Å². The van der Waals surface area contributed by atoms with E-state index in [1.54, 1.807) is 6.92 Å². The molecular weight excluding hydrogens is 394 g/mol. The van der Waals surface area contributed by atoms with E-state index in [4.69, 9.17) is 9.26 Å². The van der Waals surface area contributed by atoms with E-state index in [-0.39, 0.29) is 24.6 Å². The molecule has 0 aliphatic rings. The van der Waals surface area contributed by atoms with Crippen LogP contribution in [-0.2, 0) is 22.6 Å². The molecule has 0 saturated carbocycles. The van der Waals surface area contributed by atoms with Crippen molar-refractivity contribution in [2.45, 2.75) is 32.8 Å². The Morgan fingerprint density at radius 2 is 2.07 bits per heavy atom. The number of carbonyl (C=O) groups is 1. The molecule has 0 saturated heterocycles. The molecular formula is C19H17N5O4S. The van der Waals surface area contributed by atoms with E-state index < -0.39 is 0 Å². The lowest BCUT2D eigenvalue weighted by molar-refractivity contribution is -0.145. The maximum Gasteiger partial charge on any atom is 0.306 e. The van der Waals surface area contributed by atoms with Gasteiger partial charge < -0.3 is 9.26 Å². The van der Waals surface area contributed by atoms with Gasteiger partial charge >= 0.3 is 5.97 Å². The first-order valence-corrected chi connectivity index (χ1v) is 9.80. The highest BCUT2D eigenvalue weighted by Crippen LogP contribution is 2.16. The summed E-state index contributed by atoms with van der Waals surface area (Å²) in [6.45, 7) is 1.75. The van der Waals surface area contributed by atoms with Crippen LogP contribution >= 0.6 is 11.3 Å². The Morgan fingerprint density at radius 3 is 2.90 bits per heavy atom. The predicted octanol–water partition coefficient (Wildman–Crippen LogP) is 2.58. The second kappa shape index (κ2) is 8.31. The summed E-state index contributed by atoms with van der Waals surface area (Å²) in [4.78, 5) is 32.9. The molecule has 0 fully saturated rings. The number of fused-ring (bicyclic) bond motifs is 1. The third kappa shape index (κ3) is 4.54. The van der Waals surface area contributed by atoms with Crippen LogP contribution in [0.15, 0.2) is 45.7 Å². The van der Waals surface area contributed by atoms with E-state index in [0.717, 1.165) is 5.56 Å². The maximum atomic E-state index is 12.0. The minimum Gasteiger partial charge on any atom is -0.458 e. The van der Waals surface area contributed by atoms with Crippen molar-refractivity contribution >= 4 is 22.3 Å². The molecule has 0 bridgehead atoms. The summed E-state index contributed by atoms with van der Waals surface area (Å²) in [5.74, 6) is 0.644. The normalized spacial score (nSPS) is 11.1. The zero-order valence-electron chi connectivity index (χ0n) is 15.6. The van der Waals surface area contributed by atoms with Crippen LogP contribution in [0.3, 0.4) is 0 Å². The van der Waals surface area contributed by atoms with Gasteiger partial charge in [0.15, 0.2) is 5.01 Å². The highest BCUT2D eigenvalue weighted by molar-refractivity contribution is 7.16. The topological polar surface area (TPSA) is 112 Å². The molecule has 10 heteroatoms. The third-order valence-corrected chi connectivity index (χ3v) is 4.93. The summed E-state index contributed by atoms with van der Waals surface area (Å²) >= 11 is 1.22. The van der Waals surface area contributed by atoms with Gasteiger partial charge in [-0.2, -0.15) is 14.6 Å². The van der Waals surface area contributed by atoms with Gasteiger partial charge in [0, 0.05) is 30.2 Å². The molecule has 0 radical (unpaired) electrons. The molecule has 1 aromatic carbocycles. The van der Waals surface area contributed by atoms with Gasteiger partial charge in [-0.1, -0.05) is 46.8 Å².